The van der Waals surface area contributed by atoms with Crippen LogP contribution >= 0.6 is 28.1 Å². The molecule has 1 heterocycles. The minimum atomic E-state index is -0.285. The van der Waals surface area contributed by atoms with Crippen molar-refractivity contribution >= 4 is 44.9 Å². The summed E-state index contributed by atoms with van der Waals surface area (Å²) >= 11 is 8.43. The number of nitrogens with zero attached hydrogens (tertiary/aromatic N) is 1. The normalized spacial score (nSPS) is 9.65. The molecule has 7 heteroatoms. The minimum absolute atomic E-state index is 0.285. The number of benzene rings is 1. The molecule has 1 aromatic carbocycles. The molecule has 3 N–H and O–H groups in total. The Labute approximate surface area is 129 Å². The summed E-state index contributed by atoms with van der Waals surface area (Å²) < 4.78 is 0.980. The average molecular weight is 351 g/mol. The molecule has 0 radical (unpaired) electrons. The Balaban J connectivity index is 1.83. The third-order valence-electron chi connectivity index (χ3n) is 2.33. The highest BCUT2D eigenvalue weighted by Gasteiger charge is 2.04. The van der Waals surface area contributed by atoms with Gasteiger partial charge in [-0.25, -0.2) is 0 Å². The minimum Gasteiger partial charge on any atom is -0.331 e. The molecule has 20 heavy (non-hydrogen) atoms. The van der Waals surface area contributed by atoms with E-state index >= 15 is 0 Å². The first-order valence-electron chi connectivity index (χ1n) is 5.68. The molecule has 1 amide bonds. The number of halogens is 1. The van der Waals surface area contributed by atoms with Crippen LogP contribution in [0.2, 0.25) is 0 Å². The number of hydrogen-bond acceptors (Lipinski definition) is 3. The molecule has 2 rings (SSSR count). The van der Waals surface area contributed by atoms with Gasteiger partial charge in [-0.1, -0.05) is 15.9 Å². The molecule has 5 nitrogen and oxygen atoms in total. The first-order valence-corrected chi connectivity index (χ1v) is 6.88. The average Bonchev–Trinajstić information content (AvgIpc) is 2.48. The lowest BCUT2D eigenvalue weighted by molar-refractivity contribution is 0.0944. The number of thiocarbonyl (C=S) groups is 1. The summed E-state index contributed by atoms with van der Waals surface area (Å²) in [6.07, 6.45) is 3.10. The predicted octanol–water partition coefficient (Wildman–Crippen LogP) is 2.48. The molecule has 0 aliphatic carbocycles. The Hall–Kier alpha value is -1.99. The fourth-order valence-electron chi connectivity index (χ4n) is 1.38. The van der Waals surface area contributed by atoms with Crippen LogP contribution in [0, 0.1) is 0 Å². The first-order chi connectivity index (χ1) is 9.65. The highest BCUT2D eigenvalue weighted by atomic mass is 79.9. The van der Waals surface area contributed by atoms with E-state index in [-0.39, 0.29) is 5.91 Å². The predicted molar refractivity (Wildman–Crippen MR) is 85.2 cm³/mol. The Morgan fingerprint density at radius 1 is 1.05 bits per heavy atom. The second-order valence-corrected chi connectivity index (χ2v) is 5.10. The molecule has 0 saturated heterocycles. The summed E-state index contributed by atoms with van der Waals surface area (Å²) in [5.74, 6) is -0.285. The van der Waals surface area contributed by atoms with Crippen LogP contribution in [0.4, 0.5) is 5.69 Å². The number of hydrogen-bond donors (Lipinski definition) is 3. The lowest BCUT2D eigenvalue weighted by atomic mass is 10.3. The van der Waals surface area contributed by atoms with Crippen LogP contribution in [-0.4, -0.2) is 16.0 Å². The molecule has 102 valence electrons. The molecule has 0 spiro atoms. The van der Waals surface area contributed by atoms with Crippen LogP contribution in [0.15, 0.2) is 53.3 Å². The third-order valence-corrected chi connectivity index (χ3v) is 3.07. The largest absolute Gasteiger partial charge is 0.331 e. The van der Waals surface area contributed by atoms with E-state index in [0.717, 1.165) is 10.2 Å². The standard InChI is InChI=1S/C13H11BrN4OS/c14-10-1-3-11(4-2-10)16-13(20)18-17-12(19)9-5-7-15-8-6-9/h1-8H,(H,17,19)(H2,16,18,20). The molecule has 0 bridgehead atoms. The highest BCUT2D eigenvalue weighted by Crippen LogP contribution is 2.13. The van der Waals surface area contributed by atoms with Gasteiger partial charge in [-0.05, 0) is 48.6 Å². The van der Waals surface area contributed by atoms with Crippen molar-refractivity contribution in [2.45, 2.75) is 0 Å². The van der Waals surface area contributed by atoms with Gasteiger partial charge in [-0.3, -0.25) is 20.6 Å². The molecule has 2 aromatic rings. The smallest absolute Gasteiger partial charge is 0.269 e. The number of aromatic nitrogens is 1. The molecular weight excluding hydrogens is 340 g/mol. The summed E-state index contributed by atoms with van der Waals surface area (Å²) in [5.41, 5.74) is 6.46. The van der Waals surface area contributed by atoms with E-state index in [0.29, 0.717) is 10.7 Å². The van der Waals surface area contributed by atoms with Gasteiger partial charge in [0.1, 0.15) is 0 Å². The van der Waals surface area contributed by atoms with Crippen molar-refractivity contribution in [3.63, 3.8) is 0 Å². The Morgan fingerprint density at radius 2 is 1.70 bits per heavy atom. The van der Waals surface area contributed by atoms with Gasteiger partial charge < -0.3 is 5.32 Å². The summed E-state index contributed by atoms with van der Waals surface area (Å²) in [5, 5.41) is 3.25. The Bertz CT molecular complexity index is 604. The van der Waals surface area contributed by atoms with Gasteiger partial charge in [0.25, 0.3) is 5.91 Å². The van der Waals surface area contributed by atoms with Crippen LogP contribution in [0.5, 0.6) is 0 Å². The maximum Gasteiger partial charge on any atom is 0.269 e. The summed E-state index contributed by atoms with van der Waals surface area (Å²) in [6.45, 7) is 0. The number of pyridine rings is 1. The van der Waals surface area contributed by atoms with Crippen molar-refractivity contribution in [3.05, 3.63) is 58.8 Å². The van der Waals surface area contributed by atoms with Crippen molar-refractivity contribution in [2.24, 2.45) is 0 Å². The lowest BCUT2D eigenvalue weighted by Gasteiger charge is -2.11. The van der Waals surface area contributed by atoms with Gasteiger partial charge in [-0.2, -0.15) is 0 Å². The molecule has 0 unspecified atom stereocenters. The van der Waals surface area contributed by atoms with E-state index in [1.807, 2.05) is 24.3 Å². The first kappa shape index (κ1) is 14.4. The summed E-state index contributed by atoms with van der Waals surface area (Å²) in [7, 11) is 0. The number of amides is 1. The number of rotatable bonds is 2. The van der Waals surface area contributed by atoms with E-state index in [1.54, 1.807) is 24.5 Å². The molecule has 0 atom stereocenters. The number of hydrazine groups is 1. The van der Waals surface area contributed by atoms with Gasteiger partial charge in [0.05, 0.1) is 0 Å². The molecule has 0 aliphatic heterocycles. The zero-order valence-electron chi connectivity index (χ0n) is 10.3. The van der Waals surface area contributed by atoms with Gasteiger partial charge in [0.2, 0.25) is 0 Å². The zero-order valence-corrected chi connectivity index (χ0v) is 12.7. The highest BCUT2D eigenvalue weighted by molar-refractivity contribution is 9.10. The molecular formula is C13H11BrN4OS. The quantitative estimate of drug-likeness (QED) is 0.573. The fraction of sp³-hybridized carbons (Fsp3) is 0. The van der Waals surface area contributed by atoms with Gasteiger partial charge in [0.15, 0.2) is 5.11 Å². The third kappa shape index (κ3) is 4.29. The van der Waals surface area contributed by atoms with Crippen molar-refractivity contribution < 1.29 is 4.79 Å². The van der Waals surface area contributed by atoms with Crippen LogP contribution < -0.4 is 16.2 Å². The Morgan fingerprint density at radius 3 is 2.35 bits per heavy atom. The van der Waals surface area contributed by atoms with Crippen molar-refractivity contribution in [1.29, 1.82) is 0 Å². The fourth-order valence-corrected chi connectivity index (χ4v) is 1.82. The van der Waals surface area contributed by atoms with Gasteiger partial charge >= 0.3 is 0 Å². The molecule has 0 fully saturated rings. The van der Waals surface area contributed by atoms with E-state index in [4.69, 9.17) is 12.2 Å². The molecule has 0 saturated carbocycles. The van der Waals surface area contributed by atoms with Crippen molar-refractivity contribution in [1.82, 2.24) is 15.8 Å². The second-order valence-electron chi connectivity index (χ2n) is 3.78. The number of anilines is 1. The topological polar surface area (TPSA) is 66.1 Å². The Kier molecular flexibility index (Phi) is 5.03. The van der Waals surface area contributed by atoms with E-state index in [9.17, 15) is 4.79 Å². The zero-order chi connectivity index (χ0) is 14.4. The number of nitrogens with one attached hydrogen (secondary N) is 3. The van der Waals surface area contributed by atoms with Crippen molar-refractivity contribution in [3.8, 4) is 0 Å². The maximum absolute atomic E-state index is 11.8. The molecule has 1 aromatic heterocycles. The van der Waals surface area contributed by atoms with E-state index in [2.05, 4.69) is 37.1 Å². The van der Waals surface area contributed by atoms with E-state index in [1.165, 1.54) is 0 Å². The van der Waals surface area contributed by atoms with Gasteiger partial charge in [0, 0.05) is 28.1 Å². The maximum atomic E-state index is 11.8. The number of carbonyl (C=O) groups excluding carboxylic acids is 1. The monoisotopic (exact) mass is 350 g/mol. The molecule has 0 aliphatic rings. The van der Waals surface area contributed by atoms with Crippen LogP contribution in [-0.2, 0) is 0 Å². The van der Waals surface area contributed by atoms with Crippen LogP contribution in [0.3, 0.4) is 0 Å². The van der Waals surface area contributed by atoms with Crippen LogP contribution in [0.25, 0.3) is 0 Å². The SMILES string of the molecule is O=C(NNC(=S)Nc1ccc(Br)cc1)c1ccncc1. The van der Waals surface area contributed by atoms with Crippen molar-refractivity contribution in [2.75, 3.05) is 5.32 Å². The summed E-state index contributed by atoms with van der Waals surface area (Å²) in [4.78, 5) is 15.6. The number of carbonyl (C=O) groups is 1. The second kappa shape index (κ2) is 6.97. The van der Waals surface area contributed by atoms with E-state index < -0.39 is 0 Å². The van der Waals surface area contributed by atoms with Gasteiger partial charge in [-0.15, -0.1) is 0 Å². The lowest BCUT2D eigenvalue weighted by Crippen LogP contribution is -2.43. The van der Waals surface area contributed by atoms with Crippen LogP contribution in [0.1, 0.15) is 10.4 Å². The summed E-state index contributed by atoms with van der Waals surface area (Å²) in [6, 6.07) is 10.7.